The van der Waals surface area contributed by atoms with Gasteiger partial charge >= 0.3 is 0 Å². The van der Waals surface area contributed by atoms with Crippen molar-refractivity contribution in [3.05, 3.63) is 0 Å². The molecule has 0 fully saturated rings. The molecule has 0 aliphatic rings. The fraction of sp³-hybridized carbons (Fsp3) is 0.833. The molecular formula is C12H25N3O2S. The van der Waals surface area contributed by atoms with Crippen molar-refractivity contribution in [1.29, 1.82) is 0 Å². The minimum atomic E-state index is -0.545. The molecule has 5 nitrogen and oxygen atoms in total. The standard InChI is InChI=1S/C12H25N3O2S/c1-8(2)7-10(12(17)14-3)15-11(16)9(13)5-6-18-4/h8-10H,5-7,13H2,1-4H3,(H,14,17)(H,15,16)/t9-,10?/m1/s1. The minimum absolute atomic E-state index is 0.172. The van der Waals surface area contributed by atoms with E-state index in [0.29, 0.717) is 18.8 Å². The van der Waals surface area contributed by atoms with Gasteiger partial charge in [0, 0.05) is 7.05 Å². The Morgan fingerprint density at radius 1 is 1.28 bits per heavy atom. The van der Waals surface area contributed by atoms with Gasteiger partial charge < -0.3 is 16.4 Å². The van der Waals surface area contributed by atoms with Crippen molar-refractivity contribution in [2.24, 2.45) is 11.7 Å². The number of amides is 2. The highest BCUT2D eigenvalue weighted by molar-refractivity contribution is 7.98. The first-order valence-electron chi connectivity index (χ1n) is 6.18. The van der Waals surface area contributed by atoms with E-state index >= 15 is 0 Å². The van der Waals surface area contributed by atoms with Gasteiger partial charge in [0.2, 0.25) is 11.8 Å². The first-order chi connectivity index (χ1) is 8.42. The lowest BCUT2D eigenvalue weighted by Gasteiger charge is -2.21. The van der Waals surface area contributed by atoms with Crippen molar-refractivity contribution < 1.29 is 9.59 Å². The molecule has 0 aromatic heterocycles. The van der Waals surface area contributed by atoms with Crippen molar-refractivity contribution in [2.75, 3.05) is 19.1 Å². The fourth-order valence-corrected chi connectivity index (χ4v) is 2.02. The van der Waals surface area contributed by atoms with Gasteiger partial charge in [-0.05, 0) is 30.8 Å². The van der Waals surface area contributed by atoms with Crippen molar-refractivity contribution >= 4 is 23.6 Å². The molecule has 0 bridgehead atoms. The first-order valence-corrected chi connectivity index (χ1v) is 7.58. The molecule has 0 aliphatic heterocycles. The molecule has 0 spiro atoms. The van der Waals surface area contributed by atoms with Gasteiger partial charge in [-0.25, -0.2) is 0 Å². The summed E-state index contributed by atoms with van der Waals surface area (Å²) in [5.41, 5.74) is 5.77. The number of hydrogen-bond acceptors (Lipinski definition) is 4. The Morgan fingerprint density at radius 2 is 1.89 bits per heavy atom. The second-order valence-electron chi connectivity index (χ2n) is 4.69. The van der Waals surface area contributed by atoms with Crippen LogP contribution in [0.5, 0.6) is 0 Å². The van der Waals surface area contributed by atoms with Crippen LogP contribution in [0.2, 0.25) is 0 Å². The molecule has 0 saturated carbocycles. The molecule has 0 radical (unpaired) electrons. The summed E-state index contributed by atoms with van der Waals surface area (Å²) in [6.07, 6.45) is 3.20. The quantitative estimate of drug-likeness (QED) is 0.596. The zero-order valence-corrected chi connectivity index (χ0v) is 12.5. The van der Waals surface area contributed by atoms with E-state index < -0.39 is 12.1 Å². The van der Waals surface area contributed by atoms with Crippen LogP contribution in [0.3, 0.4) is 0 Å². The largest absolute Gasteiger partial charge is 0.357 e. The molecule has 2 amide bonds. The summed E-state index contributed by atoms with van der Waals surface area (Å²) >= 11 is 1.65. The van der Waals surface area contributed by atoms with E-state index in [2.05, 4.69) is 10.6 Å². The molecule has 106 valence electrons. The van der Waals surface area contributed by atoms with E-state index in [0.717, 1.165) is 5.75 Å². The van der Waals surface area contributed by atoms with E-state index in [-0.39, 0.29) is 11.8 Å². The summed E-state index contributed by atoms with van der Waals surface area (Å²) in [5, 5.41) is 5.28. The van der Waals surface area contributed by atoms with Crippen LogP contribution in [0, 0.1) is 5.92 Å². The first kappa shape index (κ1) is 17.2. The molecule has 2 atom stereocenters. The Labute approximate surface area is 114 Å². The molecule has 0 saturated heterocycles. The average molecular weight is 275 g/mol. The predicted octanol–water partition coefficient (Wildman–Crippen LogP) is 0.344. The van der Waals surface area contributed by atoms with E-state index in [1.165, 1.54) is 0 Å². The van der Waals surface area contributed by atoms with Crippen LogP contribution in [0.15, 0.2) is 0 Å². The fourth-order valence-electron chi connectivity index (χ4n) is 1.53. The zero-order chi connectivity index (χ0) is 14.1. The van der Waals surface area contributed by atoms with Gasteiger partial charge in [0.1, 0.15) is 6.04 Å². The zero-order valence-electron chi connectivity index (χ0n) is 11.7. The van der Waals surface area contributed by atoms with E-state index in [4.69, 9.17) is 5.73 Å². The molecular weight excluding hydrogens is 250 g/mol. The van der Waals surface area contributed by atoms with Gasteiger partial charge in [0.05, 0.1) is 6.04 Å². The molecule has 0 heterocycles. The highest BCUT2D eigenvalue weighted by Crippen LogP contribution is 2.06. The molecule has 4 N–H and O–H groups in total. The Balaban J connectivity index is 4.38. The number of nitrogens with one attached hydrogen (secondary N) is 2. The maximum absolute atomic E-state index is 11.8. The van der Waals surface area contributed by atoms with Crippen molar-refractivity contribution in [3.8, 4) is 0 Å². The third kappa shape index (κ3) is 6.86. The van der Waals surface area contributed by atoms with Crippen LogP contribution >= 0.6 is 11.8 Å². The Bertz CT molecular complexity index is 272. The topological polar surface area (TPSA) is 84.2 Å². The van der Waals surface area contributed by atoms with Crippen molar-refractivity contribution in [2.45, 2.75) is 38.8 Å². The van der Waals surface area contributed by atoms with E-state index in [1.807, 2.05) is 20.1 Å². The van der Waals surface area contributed by atoms with Gasteiger partial charge in [0.25, 0.3) is 0 Å². The summed E-state index contributed by atoms with van der Waals surface area (Å²) in [7, 11) is 1.56. The Morgan fingerprint density at radius 3 is 2.33 bits per heavy atom. The third-order valence-electron chi connectivity index (χ3n) is 2.56. The Kier molecular flexibility index (Phi) is 8.83. The summed E-state index contributed by atoms with van der Waals surface area (Å²) in [4.78, 5) is 23.5. The van der Waals surface area contributed by atoms with Gasteiger partial charge in [0.15, 0.2) is 0 Å². The number of likely N-dealkylation sites (N-methyl/N-ethyl adjacent to an activating group) is 1. The van der Waals surface area contributed by atoms with Gasteiger partial charge in [-0.3, -0.25) is 9.59 Å². The average Bonchev–Trinajstić information content (AvgIpc) is 2.33. The number of nitrogens with two attached hydrogens (primary N) is 1. The van der Waals surface area contributed by atoms with Crippen LogP contribution in [-0.4, -0.2) is 43.0 Å². The molecule has 6 heteroatoms. The van der Waals surface area contributed by atoms with Crippen molar-refractivity contribution in [1.82, 2.24) is 10.6 Å². The lowest BCUT2D eigenvalue weighted by Crippen LogP contribution is -2.51. The monoisotopic (exact) mass is 275 g/mol. The van der Waals surface area contributed by atoms with Crippen molar-refractivity contribution in [3.63, 3.8) is 0 Å². The van der Waals surface area contributed by atoms with Crippen LogP contribution in [-0.2, 0) is 9.59 Å². The lowest BCUT2D eigenvalue weighted by molar-refractivity contribution is -0.129. The summed E-state index contributed by atoms with van der Waals surface area (Å²) in [5.74, 6) is 0.742. The van der Waals surface area contributed by atoms with Gasteiger partial charge in [-0.2, -0.15) is 11.8 Å². The molecule has 18 heavy (non-hydrogen) atoms. The number of rotatable bonds is 8. The minimum Gasteiger partial charge on any atom is -0.357 e. The second-order valence-corrected chi connectivity index (χ2v) is 5.68. The summed E-state index contributed by atoms with van der Waals surface area (Å²) in [6, 6.07) is -1.04. The van der Waals surface area contributed by atoms with Crippen LogP contribution in [0.25, 0.3) is 0 Å². The predicted molar refractivity (Wildman–Crippen MR) is 76.4 cm³/mol. The smallest absolute Gasteiger partial charge is 0.242 e. The highest BCUT2D eigenvalue weighted by Gasteiger charge is 2.23. The van der Waals surface area contributed by atoms with Gasteiger partial charge in [-0.15, -0.1) is 0 Å². The normalized spacial score (nSPS) is 14.1. The van der Waals surface area contributed by atoms with E-state index in [1.54, 1.807) is 18.8 Å². The van der Waals surface area contributed by atoms with Gasteiger partial charge in [-0.1, -0.05) is 13.8 Å². The second kappa shape index (κ2) is 9.22. The SMILES string of the molecule is CNC(=O)C(CC(C)C)NC(=O)[C@H](N)CCSC. The molecule has 0 aromatic rings. The number of hydrogen-bond donors (Lipinski definition) is 3. The van der Waals surface area contributed by atoms with Crippen LogP contribution in [0.1, 0.15) is 26.7 Å². The van der Waals surface area contributed by atoms with E-state index in [9.17, 15) is 9.59 Å². The molecule has 0 rings (SSSR count). The maximum atomic E-state index is 11.8. The van der Waals surface area contributed by atoms with Crippen LogP contribution < -0.4 is 16.4 Å². The molecule has 0 aromatic carbocycles. The number of carbonyl (C=O) groups is 2. The lowest BCUT2D eigenvalue weighted by atomic mass is 10.0. The highest BCUT2D eigenvalue weighted by atomic mass is 32.2. The summed E-state index contributed by atoms with van der Waals surface area (Å²) in [6.45, 7) is 4.02. The molecule has 1 unspecified atom stereocenters. The molecule has 0 aliphatic carbocycles. The van der Waals surface area contributed by atoms with Crippen LogP contribution in [0.4, 0.5) is 0 Å². The summed E-state index contributed by atoms with van der Waals surface area (Å²) < 4.78 is 0. The third-order valence-corrected chi connectivity index (χ3v) is 3.20. The number of carbonyl (C=O) groups excluding carboxylic acids is 2. The Hall–Kier alpha value is -0.750. The maximum Gasteiger partial charge on any atom is 0.242 e. The number of thioether (sulfide) groups is 1.